The Hall–Kier alpha value is -3.22. The van der Waals surface area contributed by atoms with Crippen LogP contribution in [0.15, 0.2) is 48.7 Å². The minimum Gasteiger partial charge on any atom is -0.352 e. The van der Waals surface area contributed by atoms with Crippen molar-refractivity contribution in [2.24, 2.45) is 0 Å². The van der Waals surface area contributed by atoms with E-state index in [1.54, 1.807) is 24.4 Å². The second kappa shape index (κ2) is 11.2. The Kier molecular flexibility index (Phi) is 8.15. The number of hydrogen-bond acceptors (Lipinski definition) is 4. The molecule has 0 spiro atoms. The molecule has 2 N–H and O–H groups in total. The van der Waals surface area contributed by atoms with E-state index < -0.39 is 0 Å². The molecule has 7 nitrogen and oxygen atoms in total. The molecule has 1 aliphatic rings. The Morgan fingerprint density at radius 2 is 1.74 bits per heavy atom. The number of aryl methyl sites for hydroxylation is 1. The summed E-state index contributed by atoms with van der Waals surface area (Å²) in [6, 6.07) is 13.0. The van der Waals surface area contributed by atoms with E-state index in [2.05, 4.69) is 15.6 Å². The van der Waals surface area contributed by atoms with Gasteiger partial charge >= 0.3 is 0 Å². The predicted octanol–water partition coefficient (Wildman–Crippen LogP) is 3.59. The van der Waals surface area contributed by atoms with Crippen molar-refractivity contribution in [1.82, 2.24) is 10.3 Å². The lowest BCUT2D eigenvalue weighted by molar-refractivity contribution is -0.124. The van der Waals surface area contributed by atoms with Crippen LogP contribution in [0.4, 0.5) is 11.5 Å². The van der Waals surface area contributed by atoms with E-state index in [1.807, 2.05) is 31.2 Å². The van der Waals surface area contributed by atoms with Crippen LogP contribution in [-0.4, -0.2) is 35.3 Å². The van der Waals surface area contributed by atoms with Crippen LogP contribution in [0.2, 0.25) is 0 Å². The molecule has 3 rings (SSSR count). The third-order valence-corrected chi connectivity index (χ3v) is 5.46. The molecule has 0 radical (unpaired) electrons. The number of rotatable bonds is 9. The molecule has 0 aliphatic heterocycles. The molecule has 1 fully saturated rings. The van der Waals surface area contributed by atoms with Crippen molar-refractivity contribution in [2.75, 3.05) is 16.8 Å². The lowest BCUT2D eigenvalue weighted by Crippen LogP contribution is -2.44. The summed E-state index contributed by atoms with van der Waals surface area (Å²) in [5.74, 6) is -0.00484. The maximum absolute atomic E-state index is 13.0. The van der Waals surface area contributed by atoms with Crippen molar-refractivity contribution in [3.63, 3.8) is 0 Å². The highest BCUT2D eigenvalue weighted by Crippen LogP contribution is 2.22. The lowest BCUT2D eigenvalue weighted by atomic mass is 10.1. The summed E-state index contributed by atoms with van der Waals surface area (Å²) in [6.45, 7) is 1.91. The number of hydrogen-bond donors (Lipinski definition) is 2. The van der Waals surface area contributed by atoms with Gasteiger partial charge in [0.15, 0.2) is 0 Å². The number of benzene rings is 1. The number of nitrogens with one attached hydrogen (secondary N) is 2. The number of carbonyl (C=O) groups is 3. The first-order valence-corrected chi connectivity index (χ1v) is 10.9. The van der Waals surface area contributed by atoms with Crippen LogP contribution in [0.25, 0.3) is 0 Å². The fourth-order valence-electron chi connectivity index (χ4n) is 3.84. The summed E-state index contributed by atoms with van der Waals surface area (Å²) < 4.78 is 0. The van der Waals surface area contributed by atoms with E-state index in [4.69, 9.17) is 0 Å². The van der Waals surface area contributed by atoms with Gasteiger partial charge in [-0.2, -0.15) is 0 Å². The second-order valence-corrected chi connectivity index (χ2v) is 7.93. The molecule has 1 heterocycles. The van der Waals surface area contributed by atoms with Crippen LogP contribution >= 0.6 is 0 Å². The summed E-state index contributed by atoms with van der Waals surface area (Å²) in [6.07, 6.45) is 6.64. The molecular formula is C24H30N4O3. The van der Waals surface area contributed by atoms with E-state index in [1.165, 1.54) is 4.90 Å². The Morgan fingerprint density at radius 3 is 2.45 bits per heavy atom. The minimum atomic E-state index is -0.187. The topological polar surface area (TPSA) is 91.4 Å². The first-order chi connectivity index (χ1) is 15.0. The first kappa shape index (κ1) is 22.5. The van der Waals surface area contributed by atoms with Gasteiger partial charge in [-0.05, 0) is 49.9 Å². The van der Waals surface area contributed by atoms with Crippen molar-refractivity contribution < 1.29 is 14.4 Å². The van der Waals surface area contributed by atoms with Crippen LogP contribution in [0.5, 0.6) is 0 Å². The third-order valence-electron chi connectivity index (χ3n) is 5.46. The molecule has 31 heavy (non-hydrogen) atoms. The number of aromatic nitrogens is 1. The van der Waals surface area contributed by atoms with Crippen LogP contribution in [0.1, 0.15) is 50.5 Å². The summed E-state index contributed by atoms with van der Waals surface area (Å²) in [7, 11) is 0. The van der Waals surface area contributed by atoms with Crippen molar-refractivity contribution in [2.45, 2.75) is 57.9 Å². The lowest BCUT2D eigenvalue weighted by Gasteiger charge is -2.25. The zero-order valence-electron chi connectivity index (χ0n) is 18.0. The average molecular weight is 423 g/mol. The fraction of sp³-hybridized carbons (Fsp3) is 0.417. The Balaban J connectivity index is 1.57. The van der Waals surface area contributed by atoms with Gasteiger partial charge in [-0.15, -0.1) is 0 Å². The van der Waals surface area contributed by atoms with Crippen molar-refractivity contribution in [3.05, 3.63) is 54.2 Å². The Morgan fingerprint density at radius 1 is 1.00 bits per heavy atom. The van der Waals surface area contributed by atoms with Gasteiger partial charge < -0.3 is 15.5 Å². The average Bonchev–Trinajstić information content (AvgIpc) is 3.26. The highest BCUT2D eigenvalue weighted by Gasteiger charge is 2.23. The van der Waals surface area contributed by atoms with E-state index in [9.17, 15) is 14.4 Å². The largest absolute Gasteiger partial charge is 0.352 e. The van der Waals surface area contributed by atoms with Crippen molar-refractivity contribution in [1.29, 1.82) is 0 Å². The van der Waals surface area contributed by atoms with Gasteiger partial charge in [-0.25, -0.2) is 4.98 Å². The quantitative estimate of drug-likeness (QED) is 0.646. The van der Waals surface area contributed by atoms with Gasteiger partial charge in [0.2, 0.25) is 17.7 Å². The second-order valence-electron chi connectivity index (χ2n) is 7.93. The summed E-state index contributed by atoms with van der Waals surface area (Å²) in [5, 5.41) is 5.77. The minimum absolute atomic E-state index is 0.0136. The third kappa shape index (κ3) is 6.91. The van der Waals surface area contributed by atoms with Crippen LogP contribution in [-0.2, 0) is 14.4 Å². The maximum Gasteiger partial charge on any atom is 0.240 e. The molecule has 0 saturated heterocycles. The van der Waals surface area contributed by atoms with E-state index >= 15 is 0 Å². The Bertz CT molecular complexity index is 895. The van der Waals surface area contributed by atoms with Crippen LogP contribution in [0.3, 0.4) is 0 Å². The summed E-state index contributed by atoms with van der Waals surface area (Å²) >= 11 is 0. The van der Waals surface area contributed by atoms with Gasteiger partial charge in [-0.1, -0.05) is 37.1 Å². The SMILES string of the molecule is Cc1ccccc1N(CC(=O)NC1CCCC1)C(=O)CCCC(=O)Nc1ccccn1. The van der Waals surface area contributed by atoms with Gasteiger partial charge in [0, 0.05) is 30.8 Å². The fourth-order valence-corrected chi connectivity index (χ4v) is 3.84. The highest BCUT2D eigenvalue weighted by molar-refractivity contribution is 5.99. The predicted molar refractivity (Wildman–Crippen MR) is 121 cm³/mol. The Labute approximate surface area is 183 Å². The normalized spacial score (nSPS) is 13.6. The first-order valence-electron chi connectivity index (χ1n) is 10.9. The van der Waals surface area contributed by atoms with Crippen molar-refractivity contribution in [3.8, 4) is 0 Å². The monoisotopic (exact) mass is 422 g/mol. The number of carbonyl (C=O) groups excluding carboxylic acids is 3. The van der Waals surface area contributed by atoms with Gasteiger partial charge in [0.05, 0.1) is 0 Å². The molecule has 1 aromatic carbocycles. The van der Waals surface area contributed by atoms with Gasteiger partial charge in [0.25, 0.3) is 0 Å². The molecular weight excluding hydrogens is 392 g/mol. The summed E-state index contributed by atoms with van der Waals surface area (Å²) in [5.41, 5.74) is 1.66. The number of pyridine rings is 1. The molecule has 164 valence electrons. The number of nitrogens with zero attached hydrogens (tertiary/aromatic N) is 2. The smallest absolute Gasteiger partial charge is 0.240 e. The van der Waals surface area contributed by atoms with Crippen LogP contribution in [0, 0.1) is 6.92 Å². The van der Waals surface area contributed by atoms with Crippen LogP contribution < -0.4 is 15.5 Å². The molecule has 1 saturated carbocycles. The zero-order chi connectivity index (χ0) is 22.1. The van der Waals surface area contributed by atoms with E-state index in [-0.39, 0.29) is 43.1 Å². The summed E-state index contributed by atoms with van der Waals surface area (Å²) in [4.78, 5) is 43.3. The van der Waals surface area contributed by atoms with E-state index in [0.717, 1.165) is 36.9 Å². The molecule has 1 aromatic heterocycles. The van der Waals surface area contributed by atoms with Gasteiger partial charge in [0.1, 0.15) is 12.4 Å². The molecule has 1 aliphatic carbocycles. The zero-order valence-corrected chi connectivity index (χ0v) is 18.0. The molecule has 7 heteroatoms. The molecule has 0 bridgehead atoms. The maximum atomic E-state index is 13.0. The molecule has 2 aromatic rings. The standard InChI is InChI=1S/C24H30N4O3/c1-18-9-2-5-12-20(18)28(17-23(30)26-19-10-3-4-11-19)24(31)15-8-14-22(29)27-21-13-6-7-16-25-21/h2,5-7,9,12-13,16,19H,3-4,8,10-11,14-15,17H2,1H3,(H,26,30)(H,25,27,29). The molecule has 0 unspecified atom stereocenters. The highest BCUT2D eigenvalue weighted by atomic mass is 16.2. The van der Waals surface area contributed by atoms with Crippen molar-refractivity contribution >= 4 is 29.2 Å². The number of anilines is 2. The molecule has 0 atom stereocenters. The number of amides is 3. The van der Waals surface area contributed by atoms with E-state index in [0.29, 0.717) is 12.2 Å². The van der Waals surface area contributed by atoms with Gasteiger partial charge in [-0.3, -0.25) is 14.4 Å². The number of para-hydroxylation sites is 1. The molecule has 3 amide bonds.